The van der Waals surface area contributed by atoms with Gasteiger partial charge in [0.05, 0.1) is 12.5 Å². The molecule has 1 fully saturated rings. The van der Waals surface area contributed by atoms with Crippen LogP contribution in [0.5, 0.6) is 0 Å². The minimum atomic E-state index is 0.101. The van der Waals surface area contributed by atoms with Gasteiger partial charge < -0.3 is 14.4 Å². The molecule has 0 aromatic carbocycles. The van der Waals surface area contributed by atoms with Crippen LogP contribution in [0.15, 0.2) is 21.2 Å². The molecule has 1 saturated heterocycles. The van der Waals surface area contributed by atoms with Crippen molar-refractivity contribution in [3.63, 3.8) is 0 Å². The molecule has 1 aromatic rings. The quantitative estimate of drug-likeness (QED) is 0.925. The molecule has 1 aromatic heterocycles. The zero-order chi connectivity index (χ0) is 11.4. The second-order valence-electron chi connectivity index (χ2n) is 4.38. The lowest BCUT2D eigenvalue weighted by Crippen LogP contribution is -2.34. The van der Waals surface area contributed by atoms with Gasteiger partial charge in [-0.3, -0.25) is 0 Å². The van der Waals surface area contributed by atoms with E-state index in [1.54, 1.807) is 0 Å². The molecular weight excluding hydrogens is 270 g/mol. The summed E-state index contributed by atoms with van der Waals surface area (Å²) in [6.07, 6.45) is 3.90. The number of nitrogens with zero attached hydrogens (tertiary/aromatic N) is 1. The van der Waals surface area contributed by atoms with Gasteiger partial charge in [0.2, 0.25) is 0 Å². The van der Waals surface area contributed by atoms with E-state index in [0.29, 0.717) is 0 Å². The molecule has 3 nitrogen and oxygen atoms in total. The van der Waals surface area contributed by atoms with Crippen LogP contribution in [-0.4, -0.2) is 36.2 Å². The Bertz CT molecular complexity index is 321. The van der Waals surface area contributed by atoms with Gasteiger partial charge in [-0.05, 0) is 54.0 Å². The van der Waals surface area contributed by atoms with Crippen LogP contribution in [0, 0.1) is 0 Å². The van der Waals surface area contributed by atoms with Crippen LogP contribution in [0.25, 0.3) is 0 Å². The molecule has 0 bridgehead atoms. The second-order valence-corrected chi connectivity index (χ2v) is 5.16. The smallest absolute Gasteiger partial charge is 0.169 e. The third kappa shape index (κ3) is 3.09. The number of aliphatic hydroxyl groups is 1. The molecule has 1 aliphatic rings. The van der Waals surface area contributed by atoms with Crippen molar-refractivity contribution in [2.24, 2.45) is 0 Å². The van der Waals surface area contributed by atoms with Gasteiger partial charge in [-0.15, -0.1) is 0 Å². The minimum Gasteiger partial charge on any atom is -0.454 e. The Kier molecular flexibility index (Phi) is 4.44. The molecule has 1 unspecified atom stereocenters. The van der Waals surface area contributed by atoms with E-state index in [1.165, 1.54) is 19.3 Å². The standard InChI is InChI=1S/C12H18BrNO2/c13-12-5-4-11(16-12)10(9-15)8-14-6-2-1-3-7-14/h4-5,10,15H,1-3,6-9H2. The molecule has 1 N–H and O–H groups in total. The van der Waals surface area contributed by atoms with E-state index < -0.39 is 0 Å². The Labute approximate surface area is 105 Å². The molecule has 4 heteroatoms. The summed E-state index contributed by atoms with van der Waals surface area (Å²) in [6, 6.07) is 3.82. The first kappa shape index (κ1) is 12.1. The summed E-state index contributed by atoms with van der Waals surface area (Å²) in [6.45, 7) is 3.35. The molecule has 0 aliphatic carbocycles. The zero-order valence-corrected chi connectivity index (χ0v) is 10.9. The Morgan fingerprint density at radius 3 is 2.62 bits per heavy atom. The van der Waals surface area contributed by atoms with Crippen LogP contribution >= 0.6 is 15.9 Å². The first-order valence-corrected chi connectivity index (χ1v) is 6.67. The number of rotatable bonds is 4. The summed E-state index contributed by atoms with van der Waals surface area (Å²) in [5, 5.41) is 9.42. The normalized spacial score (nSPS) is 19.9. The number of furan rings is 1. The van der Waals surface area contributed by atoms with Crippen molar-refractivity contribution in [1.82, 2.24) is 4.90 Å². The Hall–Kier alpha value is -0.320. The predicted octanol–water partition coefficient (Wildman–Crippen LogP) is 2.60. The summed E-state index contributed by atoms with van der Waals surface area (Å²) in [7, 11) is 0. The molecule has 1 aliphatic heterocycles. The van der Waals surface area contributed by atoms with Gasteiger partial charge in [0.1, 0.15) is 5.76 Å². The van der Waals surface area contributed by atoms with Crippen LogP contribution in [0.1, 0.15) is 30.9 Å². The first-order chi connectivity index (χ1) is 7.79. The SMILES string of the molecule is OCC(CN1CCCCC1)c1ccc(Br)o1. The molecule has 90 valence electrons. The molecule has 0 saturated carbocycles. The molecule has 16 heavy (non-hydrogen) atoms. The second kappa shape index (κ2) is 5.84. The lowest BCUT2D eigenvalue weighted by Gasteiger charge is -2.29. The monoisotopic (exact) mass is 287 g/mol. The van der Waals surface area contributed by atoms with E-state index in [0.717, 1.165) is 30.1 Å². The van der Waals surface area contributed by atoms with Crippen molar-refractivity contribution in [1.29, 1.82) is 0 Å². The average Bonchev–Trinajstić information content (AvgIpc) is 2.74. The molecular formula is C12H18BrNO2. The Morgan fingerprint density at radius 1 is 1.31 bits per heavy atom. The number of hydrogen-bond donors (Lipinski definition) is 1. The van der Waals surface area contributed by atoms with Gasteiger partial charge in [-0.1, -0.05) is 6.42 Å². The Morgan fingerprint density at radius 2 is 2.06 bits per heavy atom. The first-order valence-electron chi connectivity index (χ1n) is 5.88. The van der Waals surface area contributed by atoms with Gasteiger partial charge in [0.25, 0.3) is 0 Å². The van der Waals surface area contributed by atoms with E-state index >= 15 is 0 Å². The molecule has 0 amide bonds. The van der Waals surface area contributed by atoms with Crippen LogP contribution < -0.4 is 0 Å². The largest absolute Gasteiger partial charge is 0.454 e. The van der Waals surface area contributed by atoms with Crippen molar-refractivity contribution in [3.8, 4) is 0 Å². The summed E-state index contributed by atoms with van der Waals surface area (Å²) in [5.74, 6) is 0.976. The third-order valence-electron chi connectivity index (χ3n) is 3.14. The highest BCUT2D eigenvalue weighted by Crippen LogP contribution is 2.23. The number of piperidine rings is 1. The fraction of sp³-hybridized carbons (Fsp3) is 0.667. The van der Waals surface area contributed by atoms with Gasteiger partial charge in [0, 0.05) is 6.54 Å². The third-order valence-corrected chi connectivity index (χ3v) is 3.57. The van der Waals surface area contributed by atoms with Crippen molar-refractivity contribution >= 4 is 15.9 Å². The van der Waals surface area contributed by atoms with E-state index in [9.17, 15) is 5.11 Å². The summed E-state index contributed by atoms with van der Waals surface area (Å²) in [4.78, 5) is 2.42. The van der Waals surface area contributed by atoms with Crippen molar-refractivity contribution in [2.75, 3.05) is 26.2 Å². The molecule has 0 radical (unpaired) electrons. The highest BCUT2D eigenvalue weighted by Gasteiger charge is 2.19. The maximum Gasteiger partial charge on any atom is 0.169 e. The number of halogens is 1. The summed E-state index contributed by atoms with van der Waals surface area (Å²) >= 11 is 3.29. The van der Waals surface area contributed by atoms with Gasteiger partial charge in [-0.2, -0.15) is 0 Å². The topological polar surface area (TPSA) is 36.6 Å². The predicted molar refractivity (Wildman–Crippen MR) is 66.5 cm³/mol. The molecule has 2 heterocycles. The van der Waals surface area contributed by atoms with Crippen molar-refractivity contribution in [2.45, 2.75) is 25.2 Å². The van der Waals surface area contributed by atoms with Crippen molar-refractivity contribution < 1.29 is 9.52 Å². The maximum atomic E-state index is 9.42. The van der Waals surface area contributed by atoms with Gasteiger partial charge in [0.15, 0.2) is 4.67 Å². The lowest BCUT2D eigenvalue weighted by molar-refractivity contribution is 0.168. The molecule has 0 spiro atoms. The Balaban J connectivity index is 1.94. The average molecular weight is 288 g/mol. The highest BCUT2D eigenvalue weighted by atomic mass is 79.9. The molecule has 2 rings (SSSR count). The fourth-order valence-electron chi connectivity index (χ4n) is 2.24. The van der Waals surface area contributed by atoms with Crippen LogP contribution in [0.2, 0.25) is 0 Å². The van der Waals surface area contributed by atoms with E-state index in [2.05, 4.69) is 20.8 Å². The van der Waals surface area contributed by atoms with Crippen molar-refractivity contribution in [3.05, 3.63) is 22.6 Å². The van der Waals surface area contributed by atoms with E-state index in [-0.39, 0.29) is 12.5 Å². The van der Waals surface area contributed by atoms with E-state index in [4.69, 9.17) is 4.42 Å². The summed E-state index contributed by atoms with van der Waals surface area (Å²) in [5.41, 5.74) is 0. The molecule has 1 atom stereocenters. The van der Waals surface area contributed by atoms with Gasteiger partial charge >= 0.3 is 0 Å². The zero-order valence-electron chi connectivity index (χ0n) is 9.36. The van der Waals surface area contributed by atoms with Crippen LogP contribution in [-0.2, 0) is 0 Å². The van der Waals surface area contributed by atoms with Crippen LogP contribution in [0.4, 0.5) is 0 Å². The highest BCUT2D eigenvalue weighted by molar-refractivity contribution is 9.10. The number of likely N-dealkylation sites (tertiary alicyclic amines) is 1. The number of aliphatic hydroxyl groups excluding tert-OH is 1. The summed E-state index contributed by atoms with van der Waals surface area (Å²) < 4.78 is 6.24. The number of hydrogen-bond acceptors (Lipinski definition) is 3. The fourth-order valence-corrected chi connectivity index (χ4v) is 2.56. The van der Waals surface area contributed by atoms with E-state index in [1.807, 2.05) is 12.1 Å². The van der Waals surface area contributed by atoms with Gasteiger partial charge in [-0.25, -0.2) is 0 Å². The lowest BCUT2D eigenvalue weighted by atomic mass is 10.0. The maximum absolute atomic E-state index is 9.42. The van der Waals surface area contributed by atoms with Crippen LogP contribution in [0.3, 0.4) is 0 Å². The minimum absolute atomic E-state index is 0.101.